The van der Waals surface area contributed by atoms with Crippen molar-refractivity contribution >= 4 is 34.4 Å². The van der Waals surface area contributed by atoms with Gasteiger partial charge in [-0.15, -0.1) is 0 Å². The lowest BCUT2D eigenvalue weighted by Crippen LogP contribution is -2.43. The van der Waals surface area contributed by atoms with Crippen molar-refractivity contribution in [2.45, 2.75) is 32.6 Å². The van der Waals surface area contributed by atoms with Gasteiger partial charge in [0.1, 0.15) is 0 Å². The summed E-state index contributed by atoms with van der Waals surface area (Å²) in [5.41, 5.74) is 7.62. The van der Waals surface area contributed by atoms with E-state index in [0.717, 1.165) is 16.8 Å². The van der Waals surface area contributed by atoms with Gasteiger partial charge >= 0.3 is 12.1 Å². The minimum Gasteiger partial charge on any atom is -0.451 e. The van der Waals surface area contributed by atoms with Gasteiger partial charge in [-0.1, -0.05) is 39.0 Å². The second kappa shape index (κ2) is 7.37. The van der Waals surface area contributed by atoms with Crippen molar-refractivity contribution in [3.63, 3.8) is 0 Å². The number of hydrazine groups is 1. The number of anilines is 2. The van der Waals surface area contributed by atoms with Crippen LogP contribution in [-0.4, -0.2) is 35.6 Å². The maximum absolute atomic E-state index is 12.7. The van der Waals surface area contributed by atoms with Gasteiger partial charge in [-0.25, -0.2) is 15.0 Å². The molecule has 0 aliphatic carbocycles. The molecule has 2 N–H and O–H groups in total. The molecular formula is C22H25N5O3. The highest BCUT2D eigenvalue weighted by Crippen LogP contribution is 2.32. The van der Waals surface area contributed by atoms with E-state index in [1.165, 1.54) is 24.4 Å². The van der Waals surface area contributed by atoms with Crippen LogP contribution in [0.15, 0.2) is 42.6 Å². The molecule has 0 bridgehead atoms. The lowest BCUT2D eigenvalue weighted by atomic mass is 9.86. The number of carbonyl (C=O) groups is 2. The number of carbonyl (C=O) groups excluding carboxylic acids is 2. The number of urea groups is 1. The maximum atomic E-state index is 12.7. The molecule has 8 nitrogen and oxygen atoms in total. The minimum absolute atomic E-state index is 0.0839. The monoisotopic (exact) mass is 407 g/mol. The van der Waals surface area contributed by atoms with E-state index in [4.69, 9.17) is 4.74 Å². The normalized spacial score (nSPS) is 13.3. The molecule has 1 aromatic heterocycles. The van der Waals surface area contributed by atoms with Gasteiger partial charge in [0.25, 0.3) is 0 Å². The van der Waals surface area contributed by atoms with Crippen LogP contribution in [0.25, 0.3) is 10.9 Å². The Morgan fingerprint density at radius 1 is 1.17 bits per heavy atom. The van der Waals surface area contributed by atoms with E-state index < -0.39 is 6.09 Å². The third kappa shape index (κ3) is 3.56. The van der Waals surface area contributed by atoms with Crippen molar-refractivity contribution in [3.05, 3.63) is 53.7 Å². The van der Waals surface area contributed by atoms with E-state index in [1.54, 1.807) is 18.2 Å². The Labute approximate surface area is 174 Å². The molecule has 30 heavy (non-hydrogen) atoms. The highest BCUT2D eigenvalue weighted by atomic mass is 16.5. The van der Waals surface area contributed by atoms with Crippen LogP contribution in [0.2, 0.25) is 0 Å². The number of methoxy groups -OCH3 is 1. The maximum Gasteiger partial charge on any atom is 0.434 e. The van der Waals surface area contributed by atoms with Gasteiger partial charge in [-0.05, 0) is 41.2 Å². The van der Waals surface area contributed by atoms with Gasteiger partial charge in [-0.2, -0.15) is 9.78 Å². The predicted octanol–water partition coefficient (Wildman–Crippen LogP) is 4.05. The van der Waals surface area contributed by atoms with Crippen LogP contribution in [0.5, 0.6) is 0 Å². The smallest absolute Gasteiger partial charge is 0.434 e. The molecule has 0 spiro atoms. The number of hydrogen-bond acceptors (Lipinski definition) is 5. The third-order valence-corrected chi connectivity index (χ3v) is 5.29. The van der Waals surface area contributed by atoms with E-state index in [1.807, 2.05) is 5.01 Å². The van der Waals surface area contributed by atoms with Crippen LogP contribution in [0.1, 0.15) is 31.9 Å². The molecule has 0 saturated carbocycles. The Kier molecular flexibility index (Phi) is 4.85. The largest absolute Gasteiger partial charge is 0.451 e. The van der Waals surface area contributed by atoms with E-state index in [-0.39, 0.29) is 11.4 Å². The van der Waals surface area contributed by atoms with E-state index in [2.05, 4.69) is 54.8 Å². The van der Waals surface area contributed by atoms with Crippen molar-refractivity contribution in [2.75, 3.05) is 24.0 Å². The highest BCUT2D eigenvalue weighted by Gasteiger charge is 2.24. The van der Waals surface area contributed by atoms with Gasteiger partial charge in [-0.3, -0.25) is 5.01 Å². The number of hydrogen-bond donors (Lipinski definition) is 2. The molecule has 156 valence electrons. The second-order valence-electron chi connectivity index (χ2n) is 8.33. The van der Waals surface area contributed by atoms with Crippen LogP contribution in [0.3, 0.4) is 0 Å². The molecule has 3 aromatic rings. The number of nitrogens with one attached hydrogen (secondary N) is 2. The summed E-state index contributed by atoms with van der Waals surface area (Å²) in [6, 6.07) is 11.3. The summed E-state index contributed by atoms with van der Waals surface area (Å²) in [5.74, 6) is 0. The molecule has 0 atom stereocenters. The molecule has 4 rings (SSSR count). The quantitative estimate of drug-likeness (QED) is 0.669. The number of fused-ring (bicyclic) bond motifs is 2. The molecule has 1 aliphatic heterocycles. The lowest BCUT2D eigenvalue weighted by Gasteiger charge is -2.23. The van der Waals surface area contributed by atoms with Crippen molar-refractivity contribution in [1.29, 1.82) is 0 Å². The first-order chi connectivity index (χ1) is 14.3. The number of ether oxygens (including phenoxy) is 1. The second-order valence-corrected chi connectivity index (χ2v) is 8.33. The molecule has 1 aliphatic rings. The van der Waals surface area contributed by atoms with Gasteiger partial charge in [0.15, 0.2) is 0 Å². The Hall–Kier alpha value is -3.55. The summed E-state index contributed by atoms with van der Waals surface area (Å²) in [6.07, 6.45) is 1.82. The number of rotatable bonds is 2. The molecule has 2 amide bonds. The Morgan fingerprint density at radius 2 is 1.97 bits per heavy atom. The fraction of sp³-hybridized carbons (Fsp3) is 0.318. The minimum atomic E-state index is -0.588. The molecular weight excluding hydrogens is 382 g/mol. The van der Waals surface area contributed by atoms with Gasteiger partial charge in [0.05, 0.1) is 30.2 Å². The molecule has 0 unspecified atom stereocenters. The van der Waals surface area contributed by atoms with Crippen LogP contribution >= 0.6 is 0 Å². The summed E-state index contributed by atoms with van der Waals surface area (Å²) in [7, 11) is 1.30. The summed E-state index contributed by atoms with van der Waals surface area (Å²) < 4.78 is 5.88. The Balaban J connectivity index is 1.51. The average Bonchev–Trinajstić information content (AvgIpc) is 3.31. The first-order valence-electron chi connectivity index (χ1n) is 9.81. The van der Waals surface area contributed by atoms with E-state index in [0.29, 0.717) is 23.1 Å². The zero-order chi connectivity index (χ0) is 21.5. The Bertz CT molecular complexity index is 1130. The van der Waals surface area contributed by atoms with Crippen LogP contribution in [0, 0.1) is 0 Å². The fourth-order valence-corrected chi connectivity index (χ4v) is 3.65. The topological polar surface area (TPSA) is 88.5 Å². The number of amides is 2. The zero-order valence-electron chi connectivity index (χ0n) is 17.5. The van der Waals surface area contributed by atoms with Gasteiger partial charge in [0, 0.05) is 11.9 Å². The summed E-state index contributed by atoms with van der Waals surface area (Å²) in [5, 5.41) is 9.41. The molecule has 0 saturated heterocycles. The molecule has 2 heterocycles. The molecule has 8 heteroatoms. The standard InChI is InChI=1S/C22H25N5O3/c1-22(2,3)15-8-9-18-14(12-15)10-11-26(18)25-20(28)24-17-6-5-7-19-16(17)13-23-27(19)21(29)30-4/h5-9,12-13H,10-11H2,1-4H3,(H2,24,25,28). The molecule has 0 radical (unpaired) electrons. The van der Waals surface area contributed by atoms with Gasteiger partial charge in [0.2, 0.25) is 0 Å². The molecule has 0 fully saturated rings. The van der Waals surface area contributed by atoms with Crippen LogP contribution in [0.4, 0.5) is 21.0 Å². The summed E-state index contributed by atoms with van der Waals surface area (Å²) in [4.78, 5) is 24.5. The number of nitrogens with zero attached hydrogens (tertiary/aromatic N) is 3. The fourth-order valence-electron chi connectivity index (χ4n) is 3.65. The zero-order valence-corrected chi connectivity index (χ0v) is 17.5. The predicted molar refractivity (Wildman–Crippen MR) is 116 cm³/mol. The summed E-state index contributed by atoms with van der Waals surface area (Å²) >= 11 is 0. The SMILES string of the molecule is COC(=O)n1ncc2c(NC(=O)NN3CCc4cc(C(C)(C)C)ccc43)cccc21. The van der Waals surface area contributed by atoms with Crippen molar-refractivity contribution in [2.24, 2.45) is 0 Å². The Morgan fingerprint density at radius 3 is 2.70 bits per heavy atom. The highest BCUT2D eigenvalue weighted by molar-refractivity contribution is 6.02. The number of benzene rings is 2. The van der Waals surface area contributed by atoms with E-state index >= 15 is 0 Å². The van der Waals surface area contributed by atoms with Crippen molar-refractivity contribution in [1.82, 2.24) is 15.2 Å². The summed E-state index contributed by atoms with van der Waals surface area (Å²) in [6.45, 7) is 7.28. The first kappa shape index (κ1) is 19.8. The molecule has 2 aromatic carbocycles. The van der Waals surface area contributed by atoms with Crippen LogP contribution < -0.4 is 15.8 Å². The first-order valence-corrected chi connectivity index (χ1v) is 9.81. The van der Waals surface area contributed by atoms with E-state index in [9.17, 15) is 9.59 Å². The van der Waals surface area contributed by atoms with Crippen molar-refractivity contribution < 1.29 is 14.3 Å². The number of aromatic nitrogens is 2. The van der Waals surface area contributed by atoms with Crippen molar-refractivity contribution in [3.8, 4) is 0 Å². The van der Waals surface area contributed by atoms with Crippen LogP contribution in [-0.2, 0) is 16.6 Å². The third-order valence-electron chi connectivity index (χ3n) is 5.29. The lowest BCUT2D eigenvalue weighted by molar-refractivity contribution is 0.170. The average molecular weight is 407 g/mol. The van der Waals surface area contributed by atoms with Gasteiger partial charge < -0.3 is 10.1 Å².